The van der Waals surface area contributed by atoms with Gasteiger partial charge in [-0.2, -0.15) is 0 Å². The van der Waals surface area contributed by atoms with Crippen LogP contribution in [-0.2, 0) is 16.5 Å². The Hall–Kier alpha value is -0.0725. The van der Waals surface area contributed by atoms with E-state index in [1.54, 1.807) is 0 Å². The highest BCUT2D eigenvalue weighted by atomic mass is 28.5. The Labute approximate surface area is 125 Å². The van der Waals surface area contributed by atoms with Crippen molar-refractivity contribution in [3.63, 3.8) is 0 Å². The van der Waals surface area contributed by atoms with Gasteiger partial charge in [0.15, 0.2) is 0 Å². The third-order valence-electron chi connectivity index (χ3n) is 3.67. The van der Waals surface area contributed by atoms with E-state index in [1.807, 2.05) is 0 Å². The van der Waals surface area contributed by atoms with Crippen LogP contribution in [0.5, 0.6) is 0 Å². The zero-order valence-electron chi connectivity index (χ0n) is 12.9. The van der Waals surface area contributed by atoms with Crippen LogP contribution in [-0.4, -0.2) is 34.2 Å². The standard InChI is InChI=1S/C12H22O4Si4/c1-17(2)13-18(3,4)15-20(6)12-10-8-7-9-11(12)19(5,14-17)16-20/h7-10H,1-6H3/t19-,20+. The summed E-state index contributed by atoms with van der Waals surface area (Å²) >= 11 is 0. The van der Waals surface area contributed by atoms with Crippen molar-refractivity contribution in [3.05, 3.63) is 24.3 Å². The predicted molar refractivity (Wildman–Crippen MR) is 88.3 cm³/mol. The van der Waals surface area contributed by atoms with Crippen LogP contribution in [0.4, 0.5) is 0 Å². The molecule has 2 aliphatic heterocycles. The molecular weight excluding hydrogens is 320 g/mol. The molecule has 2 heterocycles. The lowest BCUT2D eigenvalue weighted by molar-refractivity contribution is 0.251. The van der Waals surface area contributed by atoms with Crippen molar-refractivity contribution in [2.75, 3.05) is 0 Å². The molecule has 0 aliphatic carbocycles. The normalized spacial score (nSPS) is 37.9. The van der Waals surface area contributed by atoms with Gasteiger partial charge in [-0.25, -0.2) is 0 Å². The van der Waals surface area contributed by atoms with Crippen LogP contribution in [0.3, 0.4) is 0 Å². The number of fused-ring (bicyclic) bond motifs is 5. The van der Waals surface area contributed by atoms with Gasteiger partial charge in [-0.15, -0.1) is 0 Å². The van der Waals surface area contributed by atoms with E-state index >= 15 is 0 Å². The summed E-state index contributed by atoms with van der Waals surface area (Å²) in [5, 5.41) is 2.48. The maximum atomic E-state index is 6.54. The van der Waals surface area contributed by atoms with E-state index in [0.717, 1.165) is 0 Å². The van der Waals surface area contributed by atoms with Crippen LogP contribution >= 0.6 is 0 Å². The van der Waals surface area contributed by atoms with Crippen molar-refractivity contribution in [1.82, 2.24) is 0 Å². The molecule has 2 aliphatic rings. The quantitative estimate of drug-likeness (QED) is 0.673. The van der Waals surface area contributed by atoms with Crippen molar-refractivity contribution >= 4 is 44.6 Å². The molecule has 0 spiro atoms. The van der Waals surface area contributed by atoms with E-state index in [9.17, 15) is 0 Å². The first-order chi connectivity index (χ1) is 9.06. The van der Waals surface area contributed by atoms with Crippen molar-refractivity contribution in [2.45, 2.75) is 39.3 Å². The topological polar surface area (TPSA) is 36.9 Å². The van der Waals surface area contributed by atoms with Gasteiger partial charge in [0.25, 0.3) is 0 Å². The third kappa shape index (κ3) is 2.33. The monoisotopic (exact) mass is 342 g/mol. The fourth-order valence-electron chi connectivity index (χ4n) is 3.48. The van der Waals surface area contributed by atoms with Crippen LogP contribution in [0.2, 0.25) is 39.3 Å². The molecule has 0 radical (unpaired) electrons. The second-order valence-electron chi connectivity index (χ2n) is 6.64. The van der Waals surface area contributed by atoms with Crippen LogP contribution in [0, 0.1) is 0 Å². The first kappa shape index (κ1) is 14.8. The fraction of sp³-hybridized carbons (Fsp3) is 0.500. The molecule has 8 heteroatoms. The van der Waals surface area contributed by atoms with Crippen molar-refractivity contribution < 1.29 is 16.5 Å². The van der Waals surface area contributed by atoms with Gasteiger partial charge < -0.3 is 16.5 Å². The summed E-state index contributed by atoms with van der Waals surface area (Å²) in [6.07, 6.45) is 0. The highest BCUT2D eigenvalue weighted by molar-refractivity contribution is 7.07. The fourth-order valence-corrected chi connectivity index (χ4v) is 25.9. The zero-order valence-corrected chi connectivity index (χ0v) is 16.9. The minimum absolute atomic E-state index is 1.24. The Morgan fingerprint density at radius 2 is 1.00 bits per heavy atom. The molecule has 0 aromatic heterocycles. The second kappa shape index (κ2) is 4.23. The average Bonchev–Trinajstić information content (AvgIpc) is 2.43. The maximum absolute atomic E-state index is 6.54. The maximum Gasteiger partial charge on any atom is 0.352 e. The molecule has 1 aromatic rings. The zero-order chi connectivity index (χ0) is 14.8. The lowest BCUT2D eigenvalue weighted by Crippen LogP contribution is -2.64. The average molecular weight is 343 g/mol. The highest BCUT2D eigenvalue weighted by Crippen LogP contribution is 2.33. The smallest absolute Gasteiger partial charge is 0.352 e. The molecule has 2 bridgehead atoms. The molecule has 4 nitrogen and oxygen atoms in total. The van der Waals surface area contributed by atoms with Gasteiger partial charge in [-0.1, -0.05) is 24.3 Å². The van der Waals surface area contributed by atoms with Crippen LogP contribution in [0.25, 0.3) is 0 Å². The summed E-state index contributed by atoms with van der Waals surface area (Å²) in [6.45, 7) is 12.6. The Morgan fingerprint density at radius 1 is 0.600 bits per heavy atom. The predicted octanol–water partition coefficient (Wildman–Crippen LogP) is 1.74. The summed E-state index contributed by atoms with van der Waals surface area (Å²) in [7, 11) is -9.32. The summed E-state index contributed by atoms with van der Waals surface area (Å²) in [5.41, 5.74) is 0. The largest absolute Gasteiger partial charge is 0.416 e. The van der Waals surface area contributed by atoms with Gasteiger partial charge >= 0.3 is 34.2 Å². The van der Waals surface area contributed by atoms with Gasteiger partial charge in [-0.05, 0) is 49.7 Å². The van der Waals surface area contributed by atoms with Crippen LogP contribution in [0.15, 0.2) is 24.3 Å². The summed E-state index contributed by atoms with van der Waals surface area (Å²) in [6, 6.07) is 8.42. The van der Waals surface area contributed by atoms with Crippen LogP contribution < -0.4 is 10.4 Å². The summed E-state index contributed by atoms with van der Waals surface area (Å²) in [4.78, 5) is 0. The first-order valence-corrected chi connectivity index (χ1v) is 17.2. The molecule has 2 atom stereocenters. The van der Waals surface area contributed by atoms with Gasteiger partial charge in [-0.3, -0.25) is 0 Å². The van der Waals surface area contributed by atoms with Gasteiger partial charge in [0, 0.05) is 0 Å². The van der Waals surface area contributed by atoms with Crippen molar-refractivity contribution in [1.29, 1.82) is 0 Å². The Bertz CT molecular complexity index is 509. The minimum atomic E-state index is -2.41. The third-order valence-corrected chi connectivity index (χ3v) is 20.8. The molecule has 0 saturated carbocycles. The molecule has 0 unspecified atom stereocenters. The van der Waals surface area contributed by atoms with Crippen molar-refractivity contribution in [2.24, 2.45) is 0 Å². The summed E-state index contributed by atoms with van der Waals surface area (Å²) in [5.74, 6) is 0. The lowest BCUT2D eigenvalue weighted by Gasteiger charge is -2.43. The molecule has 1 aromatic carbocycles. The van der Waals surface area contributed by atoms with E-state index in [0.29, 0.717) is 0 Å². The number of hydrogen-bond acceptors (Lipinski definition) is 4. The number of rotatable bonds is 0. The van der Waals surface area contributed by atoms with Crippen LogP contribution in [0.1, 0.15) is 0 Å². The molecular formula is C12H22O4Si4. The molecule has 3 rings (SSSR count). The second-order valence-corrected chi connectivity index (χ2v) is 20.4. The molecule has 0 N–H and O–H groups in total. The van der Waals surface area contributed by atoms with Crippen molar-refractivity contribution in [3.8, 4) is 0 Å². The van der Waals surface area contributed by atoms with E-state index in [2.05, 4.69) is 63.5 Å². The lowest BCUT2D eigenvalue weighted by atomic mass is 10.4. The number of hydrogen-bond donors (Lipinski definition) is 0. The Kier molecular flexibility index (Phi) is 3.14. The minimum Gasteiger partial charge on any atom is -0.416 e. The SMILES string of the molecule is C[Si]1(C)O[Si](C)(C)O[Si@]2(C)O[Si@](C)(O1)c1ccccc12. The molecule has 20 heavy (non-hydrogen) atoms. The molecule has 1 fully saturated rings. The van der Waals surface area contributed by atoms with E-state index in [-0.39, 0.29) is 0 Å². The number of benzene rings is 1. The summed E-state index contributed by atoms with van der Waals surface area (Å²) < 4.78 is 25.9. The molecule has 110 valence electrons. The van der Waals surface area contributed by atoms with Gasteiger partial charge in [0.1, 0.15) is 0 Å². The Morgan fingerprint density at radius 3 is 1.40 bits per heavy atom. The highest BCUT2D eigenvalue weighted by Gasteiger charge is 2.61. The first-order valence-electron chi connectivity index (χ1n) is 6.96. The van der Waals surface area contributed by atoms with E-state index in [1.165, 1.54) is 10.4 Å². The van der Waals surface area contributed by atoms with E-state index in [4.69, 9.17) is 16.5 Å². The van der Waals surface area contributed by atoms with Gasteiger partial charge in [0.2, 0.25) is 0 Å². The van der Waals surface area contributed by atoms with Gasteiger partial charge in [0.05, 0.1) is 0 Å². The molecule has 0 amide bonds. The van der Waals surface area contributed by atoms with E-state index < -0.39 is 34.2 Å². The molecule has 1 saturated heterocycles. The Balaban J connectivity index is 2.19.